The predicted octanol–water partition coefficient (Wildman–Crippen LogP) is 0.939. The number of aromatic nitrogens is 2. The summed E-state index contributed by atoms with van der Waals surface area (Å²) >= 11 is 0. The number of nitrogens with zero attached hydrogens (tertiary/aromatic N) is 4. The smallest absolute Gasteiger partial charge is 0.306 e. The van der Waals surface area contributed by atoms with E-state index in [-0.39, 0.29) is 30.2 Å². The summed E-state index contributed by atoms with van der Waals surface area (Å²) in [6.07, 6.45) is 0.910. The highest BCUT2D eigenvalue weighted by atomic mass is 16.4. The highest BCUT2D eigenvalue weighted by molar-refractivity contribution is 5.94. The molecule has 0 aromatic carbocycles. The normalized spacial score (nSPS) is 15.5. The number of carboxylic acid groups (broad SMARTS) is 1. The number of amides is 2. The Morgan fingerprint density at radius 2 is 1.92 bits per heavy atom. The number of aryl methyl sites for hydroxylation is 1. The Bertz CT molecular complexity index is 660. The Balaban J connectivity index is 1.94. The number of hydrogen-bond donors (Lipinski definition) is 1. The fourth-order valence-electron chi connectivity index (χ4n) is 3.07. The number of carbonyl (C=O) groups is 3. The Morgan fingerprint density at radius 1 is 1.32 bits per heavy atom. The molecule has 1 aliphatic rings. The lowest BCUT2D eigenvalue weighted by atomic mass is 9.97. The van der Waals surface area contributed by atoms with Crippen molar-refractivity contribution < 1.29 is 19.5 Å². The van der Waals surface area contributed by atoms with Gasteiger partial charge in [-0.2, -0.15) is 5.10 Å². The van der Waals surface area contributed by atoms with Crippen molar-refractivity contribution in [3.63, 3.8) is 0 Å². The third kappa shape index (κ3) is 4.37. The molecule has 1 aromatic rings. The number of likely N-dealkylation sites (N-methyl/N-ethyl adjacent to an activating group) is 1. The second-order valence-corrected chi connectivity index (χ2v) is 6.89. The van der Waals surface area contributed by atoms with Gasteiger partial charge in [0.1, 0.15) is 0 Å². The third-order valence-electron chi connectivity index (χ3n) is 4.64. The van der Waals surface area contributed by atoms with Crippen molar-refractivity contribution in [2.24, 2.45) is 13.0 Å². The first-order chi connectivity index (χ1) is 11.7. The summed E-state index contributed by atoms with van der Waals surface area (Å²) in [6, 6.07) is 1.76. The molecule has 1 aromatic heterocycles. The first-order valence-corrected chi connectivity index (χ1v) is 8.50. The van der Waals surface area contributed by atoms with Crippen molar-refractivity contribution >= 4 is 17.8 Å². The topological polar surface area (TPSA) is 95.7 Å². The molecule has 0 saturated carbocycles. The second-order valence-electron chi connectivity index (χ2n) is 6.89. The monoisotopic (exact) mass is 350 g/mol. The number of hydrogen-bond acceptors (Lipinski definition) is 4. The molecule has 2 rings (SSSR count). The molecule has 8 heteroatoms. The lowest BCUT2D eigenvalue weighted by molar-refractivity contribution is -0.145. The number of rotatable bonds is 5. The zero-order chi connectivity index (χ0) is 18.7. The van der Waals surface area contributed by atoms with Crippen molar-refractivity contribution in [1.82, 2.24) is 19.6 Å². The van der Waals surface area contributed by atoms with E-state index in [4.69, 9.17) is 5.11 Å². The molecule has 0 bridgehead atoms. The minimum Gasteiger partial charge on any atom is -0.481 e. The van der Waals surface area contributed by atoms with Crippen LogP contribution in [-0.4, -0.2) is 69.2 Å². The summed E-state index contributed by atoms with van der Waals surface area (Å²) in [5.41, 5.74) is 1.28. The molecular formula is C17H26N4O4. The van der Waals surface area contributed by atoms with Gasteiger partial charge in [0.2, 0.25) is 5.91 Å². The molecule has 1 fully saturated rings. The first-order valence-electron chi connectivity index (χ1n) is 8.50. The van der Waals surface area contributed by atoms with Gasteiger partial charge < -0.3 is 14.9 Å². The number of carboxylic acids is 1. The largest absolute Gasteiger partial charge is 0.481 e. The number of aliphatic carboxylic acids is 1. The fraction of sp³-hybridized carbons (Fsp3) is 0.647. The predicted molar refractivity (Wildman–Crippen MR) is 91.2 cm³/mol. The van der Waals surface area contributed by atoms with Crippen molar-refractivity contribution in [3.05, 3.63) is 17.5 Å². The molecule has 138 valence electrons. The van der Waals surface area contributed by atoms with Gasteiger partial charge in [0.25, 0.3) is 5.91 Å². The average molecular weight is 350 g/mol. The Labute approximate surface area is 147 Å². The minimum absolute atomic E-state index is 0.0375. The maximum Gasteiger partial charge on any atom is 0.306 e. The van der Waals surface area contributed by atoms with Crippen molar-refractivity contribution in [2.75, 3.05) is 26.7 Å². The van der Waals surface area contributed by atoms with E-state index in [0.717, 1.165) is 5.69 Å². The minimum atomic E-state index is -0.810. The first kappa shape index (κ1) is 19.0. The van der Waals surface area contributed by atoms with E-state index in [0.29, 0.717) is 31.6 Å². The molecule has 0 atom stereocenters. The Morgan fingerprint density at radius 3 is 2.40 bits per heavy atom. The third-order valence-corrected chi connectivity index (χ3v) is 4.64. The van der Waals surface area contributed by atoms with E-state index in [1.165, 1.54) is 4.90 Å². The van der Waals surface area contributed by atoms with Gasteiger partial charge in [0, 0.05) is 32.9 Å². The van der Waals surface area contributed by atoms with Gasteiger partial charge >= 0.3 is 5.97 Å². The van der Waals surface area contributed by atoms with Gasteiger partial charge in [-0.15, -0.1) is 0 Å². The van der Waals surface area contributed by atoms with Crippen LogP contribution in [0, 0.1) is 5.92 Å². The summed E-state index contributed by atoms with van der Waals surface area (Å²) in [4.78, 5) is 38.8. The molecule has 1 N–H and O–H groups in total. The van der Waals surface area contributed by atoms with Crippen LogP contribution in [-0.2, 0) is 16.6 Å². The van der Waals surface area contributed by atoms with Crippen LogP contribution >= 0.6 is 0 Å². The van der Waals surface area contributed by atoms with Crippen LogP contribution in [0.4, 0.5) is 0 Å². The van der Waals surface area contributed by atoms with Gasteiger partial charge in [-0.3, -0.25) is 19.1 Å². The van der Waals surface area contributed by atoms with Crippen LogP contribution in [0.15, 0.2) is 6.07 Å². The molecule has 0 unspecified atom stereocenters. The molecule has 25 heavy (non-hydrogen) atoms. The second kappa shape index (κ2) is 7.67. The van der Waals surface area contributed by atoms with E-state index < -0.39 is 5.97 Å². The lowest BCUT2D eigenvalue weighted by Crippen LogP contribution is -2.45. The molecule has 0 spiro atoms. The van der Waals surface area contributed by atoms with Crippen LogP contribution in [0.1, 0.15) is 48.8 Å². The number of piperidine rings is 1. The molecule has 2 amide bonds. The Kier molecular flexibility index (Phi) is 5.81. The quantitative estimate of drug-likeness (QED) is 0.852. The summed E-state index contributed by atoms with van der Waals surface area (Å²) in [5.74, 6) is -1.40. The van der Waals surface area contributed by atoms with E-state index in [1.807, 2.05) is 13.8 Å². The Hall–Kier alpha value is -2.38. The van der Waals surface area contributed by atoms with Crippen molar-refractivity contribution in [2.45, 2.75) is 32.6 Å². The van der Waals surface area contributed by atoms with Gasteiger partial charge in [-0.05, 0) is 24.8 Å². The number of likely N-dealkylation sites (tertiary alicyclic amines) is 1. The molecule has 0 aliphatic carbocycles. The lowest BCUT2D eigenvalue weighted by Gasteiger charge is -2.31. The van der Waals surface area contributed by atoms with Gasteiger partial charge in [-0.1, -0.05) is 13.8 Å². The summed E-state index contributed by atoms with van der Waals surface area (Å²) in [5, 5.41) is 13.2. The average Bonchev–Trinajstić information content (AvgIpc) is 2.96. The molecule has 8 nitrogen and oxygen atoms in total. The van der Waals surface area contributed by atoms with Gasteiger partial charge in [0.15, 0.2) is 5.69 Å². The van der Waals surface area contributed by atoms with E-state index >= 15 is 0 Å². The van der Waals surface area contributed by atoms with Crippen molar-refractivity contribution in [3.8, 4) is 0 Å². The van der Waals surface area contributed by atoms with Crippen LogP contribution in [0.2, 0.25) is 0 Å². The van der Waals surface area contributed by atoms with E-state index in [9.17, 15) is 14.4 Å². The van der Waals surface area contributed by atoms with Crippen LogP contribution < -0.4 is 0 Å². The maximum absolute atomic E-state index is 12.5. The molecular weight excluding hydrogens is 324 g/mol. The summed E-state index contributed by atoms with van der Waals surface area (Å²) < 4.78 is 1.68. The molecule has 1 aliphatic heterocycles. The van der Waals surface area contributed by atoms with Crippen molar-refractivity contribution in [1.29, 1.82) is 0 Å². The highest BCUT2D eigenvalue weighted by Gasteiger charge is 2.28. The van der Waals surface area contributed by atoms with E-state index in [1.54, 1.807) is 29.7 Å². The zero-order valence-electron chi connectivity index (χ0n) is 15.2. The molecule has 0 radical (unpaired) electrons. The zero-order valence-corrected chi connectivity index (χ0v) is 15.2. The summed E-state index contributed by atoms with van der Waals surface area (Å²) in [6.45, 7) is 4.85. The van der Waals surface area contributed by atoms with Gasteiger partial charge in [-0.25, -0.2) is 0 Å². The van der Waals surface area contributed by atoms with Crippen LogP contribution in [0.5, 0.6) is 0 Å². The number of carbonyl (C=O) groups excluding carboxylic acids is 2. The molecule has 1 saturated heterocycles. The van der Waals surface area contributed by atoms with E-state index in [2.05, 4.69) is 5.10 Å². The summed E-state index contributed by atoms with van der Waals surface area (Å²) in [7, 11) is 3.37. The maximum atomic E-state index is 12.5. The fourth-order valence-corrected chi connectivity index (χ4v) is 3.07. The highest BCUT2D eigenvalue weighted by Crippen LogP contribution is 2.18. The SMILES string of the molecule is CC(C)c1cc(C(=O)N(C)CC(=O)N2CCC(C(=O)O)CC2)nn1C. The molecule has 2 heterocycles. The van der Waals surface area contributed by atoms with Crippen LogP contribution in [0.25, 0.3) is 0 Å². The standard InChI is InChI=1S/C17H26N4O4/c1-11(2)14-9-13(18-20(14)4)16(23)19(3)10-15(22)21-7-5-12(6-8-21)17(24)25/h9,11-12H,5-8,10H2,1-4H3,(H,24,25). The van der Waals surface area contributed by atoms with Gasteiger partial charge in [0.05, 0.1) is 12.5 Å². The van der Waals surface area contributed by atoms with Crippen LogP contribution in [0.3, 0.4) is 0 Å².